The van der Waals surface area contributed by atoms with Gasteiger partial charge in [-0.25, -0.2) is 8.78 Å². The monoisotopic (exact) mass is 284 g/mol. The SMILES string of the molecule is CN(Cc1ccc(F)c(F)c1)C(=O)CCCCCCN. The van der Waals surface area contributed by atoms with Crippen molar-refractivity contribution in [2.75, 3.05) is 13.6 Å². The standard InChI is InChI=1S/C15H22F2N2O/c1-19(15(20)6-4-2-3-5-9-18)11-12-7-8-13(16)14(17)10-12/h7-8,10H,2-6,9,11,18H2,1H3. The number of hydrogen-bond acceptors (Lipinski definition) is 2. The zero-order valence-electron chi connectivity index (χ0n) is 11.9. The molecule has 0 aliphatic carbocycles. The van der Waals surface area contributed by atoms with Gasteiger partial charge in [-0.2, -0.15) is 0 Å². The van der Waals surface area contributed by atoms with Crippen LogP contribution in [0, 0.1) is 11.6 Å². The molecule has 0 radical (unpaired) electrons. The second kappa shape index (κ2) is 8.64. The van der Waals surface area contributed by atoms with Crippen LogP contribution in [-0.4, -0.2) is 24.4 Å². The third-order valence-electron chi connectivity index (χ3n) is 3.17. The molecule has 0 unspecified atom stereocenters. The fourth-order valence-electron chi connectivity index (χ4n) is 1.97. The summed E-state index contributed by atoms with van der Waals surface area (Å²) in [7, 11) is 1.67. The number of nitrogens with two attached hydrogens (primary N) is 1. The van der Waals surface area contributed by atoms with Gasteiger partial charge in [0.05, 0.1) is 0 Å². The molecule has 0 atom stereocenters. The number of nitrogens with zero attached hydrogens (tertiary/aromatic N) is 1. The summed E-state index contributed by atoms with van der Waals surface area (Å²) in [5.74, 6) is -1.74. The maximum Gasteiger partial charge on any atom is 0.222 e. The Morgan fingerprint density at radius 3 is 2.50 bits per heavy atom. The van der Waals surface area contributed by atoms with Crippen molar-refractivity contribution in [2.24, 2.45) is 5.73 Å². The molecule has 20 heavy (non-hydrogen) atoms. The average molecular weight is 284 g/mol. The van der Waals surface area contributed by atoms with E-state index in [9.17, 15) is 13.6 Å². The van der Waals surface area contributed by atoms with Crippen LogP contribution in [0.5, 0.6) is 0 Å². The van der Waals surface area contributed by atoms with Gasteiger partial charge in [-0.3, -0.25) is 4.79 Å². The van der Waals surface area contributed by atoms with Crippen LogP contribution in [0.2, 0.25) is 0 Å². The third-order valence-corrected chi connectivity index (χ3v) is 3.17. The van der Waals surface area contributed by atoms with Crippen LogP contribution in [-0.2, 0) is 11.3 Å². The number of amides is 1. The van der Waals surface area contributed by atoms with Crippen LogP contribution in [0.3, 0.4) is 0 Å². The van der Waals surface area contributed by atoms with Gasteiger partial charge in [-0.1, -0.05) is 18.9 Å². The minimum absolute atomic E-state index is 0.0162. The molecule has 0 heterocycles. The lowest BCUT2D eigenvalue weighted by Gasteiger charge is -2.17. The fraction of sp³-hybridized carbons (Fsp3) is 0.533. The second-order valence-corrected chi connectivity index (χ2v) is 4.95. The lowest BCUT2D eigenvalue weighted by Crippen LogP contribution is -2.25. The summed E-state index contributed by atoms with van der Waals surface area (Å²) in [4.78, 5) is 13.4. The van der Waals surface area contributed by atoms with Gasteiger partial charge in [0.25, 0.3) is 0 Å². The molecule has 2 N–H and O–H groups in total. The number of rotatable bonds is 8. The molecule has 0 aliphatic rings. The zero-order valence-corrected chi connectivity index (χ0v) is 11.9. The van der Waals surface area contributed by atoms with Gasteiger partial charge in [0.2, 0.25) is 5.91 Å². The molecule has 0 aliphatic heterocycles. The quantitative estimate of drug-likeness (QED) is 0.746. The molecular weight excluding hydrogens is 262 g/mol. The minimum atomic E-state index is -0.884. The lowest BCUT2D eigenvalue weighted by atomic mass is 10.1. The minimum Gasteiger partial charge on any atom is -0.341 e. The normalized spacial score (nSPS) is 10.6. The van der Waals surface area contributed by atoms with E-state index < -0.39 is 11.6 Å². The van der Waals surface area contributed by atoms with Gasteiger partial charge in [0.1, 0.15) is 0 Å². The van der Waals surface area contributed by atoms with Gasteiger partial charge in [-0.15, -0.1) is 0 Å². The first-order valence-corrected chi connectivity index (χ1v) is 6.92. The molecule has 1 amide bonds. The lowest BCUT2D eigenvalue weighted by molar-refractivity contribution is -0.130. The maximum absolute atomic E-state index is 13.1. The van der Waals surface area contributed by atoms with Gasteiger partial charge in [0, 0.05) is 20.0 Å². The predicted octanol–water partition coefficient (Wildman–Crippen LogP) is 2.83. The van der Waals surface area contributed by atoms with E-state index in [1.54, 1.807) is 7.05 Å². The number of carbonyl (C=O) groups is 1. The second-order valence-electron chi connectivity index (χ2n) is 4.95. The summed E-state index contributed by atoms with van der Waals surface area (Å²) in [5, 5.41) is 0. The Bertz CT molecular complexity index is 438. The highest BCUT2D eigenvalue weighted by Crippen LogP contribution is 2.12. The van der Waals surface area contributed by atoms with Crippen LogP contribution in [0.15, 0.2) is 18.2 Å². The van der Waals surface area contributed by atoms with E-state index in [0.717, 1.165) is 37.8 Å². The number of hydrogen-bond donors (Lipinski definition) is 1. The summed E-state index contributed by atoms with van der Waals surface area (Å²) in [5.41, 5.74) is 5.98. The Morgan fingerprint density at radius 1 is 1.15 bits per heavy atom. The molecule has 0 aromatic heterocycles. The van der Waals surface area contributed by atoms with Crippen LogP contribution in [0.4, 0.5) is 8.78 Å². The summed E-state index contributed by atoms with van der Waals surface area (Å²) in [6, 6.07) is 3.69. The van der Waals surface area contributed by atoms with Gasteiger partial charge in [-0.05, 0) is 37.1 Å². The first-order valence-electron chi connectivity index (χ1n) is 6.92. The number of unbranched alkanes of at least 4 members (excludes halogenated alkanes) is 3. The van der Waals surface area contributed by atoms with Crippen molar-refractivity contribution in [1.29, 1.82) is 0 Å². The smallest absolute Gasteiger partial charge is 0.222 e. The van der Waals surface area contributed by atoms with Gasteiger partial charge >= 0.3 is 0 Å². The molecular formula is C15H22F2N2O. The molecule has 0 saturated carbocycles. The highest BCUT2D eigenvalue weighted by molar-refractivity contribution is 5.75. The molecule has 0 fully saturated rings. The number of carbonyl (C=O) groups excluding carboxylic acids is 1. The van der Waals surface area contributed by atoms with Crippen molar-refractivity contribution in [3.05, 3.63) is 35.4 Å². The Hall–Kier alpha value is -1.49. The third kappa shape index (κ3) is 5.65. The van der Waals surface area contributed by atoms with E-state index >= 15 is 0 Å². The Kier molecular flexibility index (Phi) is 7.15. The van der Waals surface area contributed by atoms with Crippen molar-refractivity contribution in [3.63, 3.8) is 0 Å². The van der Waals surface area contributed by atoms with Crippen LogP contribution in [0.25, 0.3) is 0 Å². The van der Waals surface area contributed by atoms with E-state index in [1.165, 1.54) is 11.0 Å². The summed E-state index contributed by atoms with van der Waals surface area (Å²) < 4.78 is 25.9. The Labute approximate surface area is 118 Å². The molecule has 0 spiro atoms. The van der Waals surface area contributed by atoms with Crippen molar-refractivity contribution >= 4 is 5.91 Å². The van der Waals surface area contributed by atoms with E-state index in [4.69, 9.17) is 5.73 Å². The average Bonchev–Trinajstić information content (AvgIpc) is 2.42. The summed E-state index contributed by atoms with van der Waals surface area (Å²) in [6.07, 6.45) is 4.32. The van der Waals surface area contributed by atoms with Crippen molar-refractivity contribution in [1.82, 2.24) is 4.90 Å². The highest BCUT2D eigenvalue weighted by atomic mass is 19.2. The summed E-state index contributed by atoms with van der Waals surface area (Å²) in [6.45, 7) is 0.975. The molecule has 0 saturated heterocycles. The van der Waals surface area contributed by atoms with Crippen molar-refractivity contribution in [2.45, 2.75) is 38.6 Å². The van der Waals surface area contributed by atoms with Crippen LogP contribution < -0.4 is 5.73 Å². The number of halogens is 2. The molecule has 5 heteroatoms. The first-order chi connectivity index (χ1) is 9.54. The van der Waals surface area contributed by atoms with E-state index in [1.807, 2.05) is 0 Å². The zero-order chi connectivity index (χ0) is 15.0. The molecule has 3 nitrogen and oxygen atoms in total. The van der Waals surface area contributed by atoms with E-state index in [0.29, 0.717) is 25.1 Å². The van der Waals surface area contributed by atoms with Gasteiger partial charge in [0.15, 0.2) is 11.6 Å². The topological polar surface area (TPSA) is 46.3 Å². The molecule has 1 rings (SSSR count). The Balaban J connectivity index is 2.35. The Morgan fingerprint density at radius 2 is 1.85 bits per heavy atom. The van der Waals surface area contributed by atoms with E-state index in [-0.39, 0.29) is 5.91 Å². The first kappa shape index (κ1) is 16.6. The van der Waals surface area contributed by atoms with Crippen LogP contribution in [0.1, 0.15) is 37.7 Å². The summed E-state index contributed by atoms with van der Waals surface area (Å²) >= 11 is 0. The molecule has 0 bridgehead atoms. The van der Waals surface area contributed by atoms with Crippen LogP contribution >= 0.6 is 0 Å². The molecule has 1 aromatic rings. The predicted molar refractivity (Wildman–Crippen MR) is 75.0 cm³/mol. The molecule has 112 valence electrons. The van der Waals surface area contributed by atoms with E-state index in [2.05, 4.69) is 0 Å². The maximum atomic E-state index is 13.1. The highest BCUT2D eigenvalue weighted by Gasteiger charge is 2.10. The number of benzene rings is 1. The van der Waals surface area contributed by atoms with Crippen molar-refractivity contribution < 1.29 is 13.6 Å². The molecule has 1 aromatic carbocycles. The van der Waals surface area contributed by atoms with Crippen molar-refractivity contribution in [3.8, 4) is 0 Å². The van der Waals surface area contributed by atoms with Gasteiger partial charge < -0.3 is 10.6 Å². The largest absolute Gasteiger partial charge is 0.341 e. The fourth-order valence-corrected chi connectivity index (χ4v) is 1.97.